The molecule has 1 N–H and O–H groups in total. The Morgan fingerprint density at radius 1 is 1.34 bits per heavy atom. The van der Waals surface area contributed by atoms with Crippen LogP contribution in [-0.4, -0.2) is 17.6 Å². The van der Waals surface area contributed by atoms with E-state index in [-0.39, 0.29) is 44.6 Å². The molecule has 1 aromatic heterocycles. The first-order valence-electron chi connectivity index (χ1n) is 8.35. The van der Waals surface area contributed by atoms with Gasteiger partial charge in [-0.05, 0) is 6.07 Å². The predicted octanol–water partition coefficient (Wildman–Crippen LogP) is 6.36. The number of carbonyl (C=O) groups is 1. The molecule has 29 heavy (non-hydrogen) atoms. The van der Waals surface area contributed by atoms with Crippen LogP contribution in [0.25, 0.3) is 11.1 Å². The number of halogens is 7. The number of esters is 1. The molecule has 2 aromatic rings. The van der Waals surface area contributed by atoms with Gasteiger partial charge in [-0.1, -0.05) is 11.6 Å². The molecule has 4 nitrogen and oxygen atoms in total. The highest BCUT2D eigenvalue weighted by Gasteiger charge is 2.39. The fourth-order valence-electron chi connectivity index (χ4n) is 3.19. The van der Waals surface area contributed by atoms with Gasteiger partial charge >= 0.3 is 12.1 Å². The molecule has 1 unspecified atom stereocenters. The molecule has 0 saturated carbocycles. The minimum absolute atomic E-state index is 0.0786. The number of alkyl halides is 5. The highest BCUT2D eigenvalue weighted by molar-refractivity contribution is 6.33. The third kappa shape index (κ3) is 4.08. The van der Waals surface area contributed by atoms with Gasteiger partial charge in [-0.3, -0.25) is 4.79 Å². The van der Waals surface area contributed by atoms with E-state index >= 15 is 4.39 Å². The lowest BCUT2D eigenvalue weighted by molar-refractivity contribution is -0.141. The van der Waals surface area contributed by atoms with Gasteiger partial charge in [0.15, 0.2) is 5.75 Å². The smallest absolute Gasteiger partial charge is 0.425 e. The molecule has 1 aliphatic rings. The topological polar surface area (TPSA) is 51.3 Å². The second-order valence-electron chi connectivity index (χ2n) is 6.30. The van der Waals surface area contributed by atoms with Gasteiger partial charge in [0.05, 0.1) is 29.5 Å². The second-order valence-corrected chi connectivity index (χ2v) is 7.22. The lowest BCUT2D eigenvalue weighted by Crippen LogP contribution is -2.21. The number of hydrogen-bond donors (Lipinski definition) is 1. The maximum absolute atomic E-state index is 15.5. The molecule has 0 spiro atoms. The number of nitrogens with one attached hydrogen (secondary N) is 1. The first-order valence-corrected chi connectivity index (χ1v) is 9.79. The maximum atomic E-state index is 15.5. The molecule has 1 aliphatic heterocycles. The highest BCUT2D eigenvalue weighted by atomic mass is 35.5. The Bertz CT molecular complexity index is 955. The van der Waals surface area contributed by atoms with Crippen LogP contribution in [0.3, 0.4) is 0 Å². The summed E-state index contributed by atoms with van der Waals surface area (Å²) in [7, 11) is 0. The molecule has 0 amide bonds. The quantitative estimate of drug-likeness (QED) is 0.237. The van der Waals surface area contributed by atoms with Crippen molar-refractivity contribution in [3.63, 3.8) is 0 Å². The molecule has 3 rings (SSSR count). The number of aromatic nitrogens is 1. The van der Waals surface area contributed by atoms with Gasteiger partial charge in [-0.2, -0.15) is 13.2 Å². The maximum Gasteiger partial charge on any atom is 0.431 e. The molecule has 1 atom stereocenters. The van der Waals surface area contributed by atoms with Gasteiger partial charge in [0.1, 0.15) is 11.5 Å². The summed E-state index contributed by atoms with van der Waals surface area (Å²) in [6.45, 7) is 1.49. The van der Waals surface area contributed by atoms with Gasteiger partial charge in [-0.25, -0.2) is 4.39 Å². The molecular weight excluding hydrogens is 461 g/mol. The number of aromatic amines is 1. The Morgan fingerprint density at radius 3 is 2.45 bits per heavy atom. The zero-order valence-electron chi connectivity index (χ0n) is 14.9. The monoisotopic (exact) mass is 473 g/mol. The largest absolute Gasteiger partial charge is 0.431 e. The number of benzene rings is 1. The number of carbonyl (C=O) groups excluding carboxylic acids is 1. The summed E-state index contributed by atoms with van der Waals surface area (Å²) in [5, 5.41) is -0.183. The minimum atomic E-state index is -4.76. The van der Waals surface area contributed by atoms with Crippen molar-refractivity contribution in [3.05, 3.63) is 39.4 Å². The third-order valence-electron chi connectivity index (χ3n) is 4.48. The van der Waals surface area contributed by atoms with Crippen molar-refractivity contribution in [2.24, 2.45) is 0 Å². The van der Waals surface area contributed by atoms with Crippen LogP contribution in [-0.2, 0) is 27.5 Å². The van der Waals surface area contributed by atoms with Crippen molar-refractivity contribution >= 4 is 40.8 Å². The molecule has 0 radical (unpaired) electrons. The molecule has 11 heteroatoms. The molecule has 2 heterocycles. The SMILES string of the molecule is CC(=O)Oc1cc(-c2c(CCl)[nH]c(C(F)(F)F)c2CCl)c(F)c(C2CCO2)c1Cl. The van der Waals surface area contributed by atoms with E-state index in [2.05, 4.69) is 4.98 Å². The Kier molecular flexibility index (Phi) is 6.38. The molecule has 158 valence electrons. The summed E-state index contributed by atoms with van der Waals surface area (Å²) in [5.74, 6) is -2.74. The molecule has 1 aromatic carbocycles. The Morgan fingerprint density at radius 2 is 2.00 bits per heavy atom. The average Bonchev–Trinajstić information content (AvgIpc) is 2.97. The Hall–Kier alpha value is -1.48. The predicted molar refractivity (Wildman–Crippen MR) is 99.9 cm³/mol. The molecule has 1 saturated heterocycles. The van der Waals surface area contributed by atoms with E-state index in [9.17, 15) is 18.0 Å². The number of ether oxygens (including phenoxy) is 2. The lowest BCUT2D eigenvalue weighted by Gasteiger charge is -2.29. The van der Waals surface area contributed by atoms with Crippen molar-refractivity contribution in [1.82, 2.24) is 4.98 Å². The van der Waals surface area contributed by atoms with E-state index in [0.29, 0.717) is 13.0 Å². The summed E-state index contributed by atoms with van der Waals surface area (Å²) >= 11 is 17.8. The zero-order chi connectivity index (χ0) is 21.5. The van der Waals surface area contributed by atoms with Gasteiger partial charge < -0.3 is 14.5 Å². The van der Waals surface area contributed by atoms with Crippen LogP contribution in [0.4, 0.5) is 17.6 Å². The fraction of sp³-hybridized carbons (Fsp3) is 0.389. The van der Waals surface area contributed by atoms with Crippen molar-refractivity contribution in [2.75, 3.05) is 6.61 Å². The molecule has 0 bridgehead atoms. The first-order chi connectivity index (χ1) is 13.6. The van der Waals surface area contributed by atoms with Gasteiger partial charge in [0, 0.05) is 41.3 Å². The minimum Gasteiger partial charge on any atom is -0.425 e. The normalized spacial score (nSPS) is 16.6. The number of rotatable bonds is 5. The first kappa shape index (κ1) is 22.2. The molecule has 0 aliphatic carbocycles. The average molecular weight is 475 g/mol. The molecule has 1 fully saturated rings. The summed E-state index contributed by atoms with van der Waals surface area (Å²) in [4.78, 5) is 13.6. The van der Waals surface area contributed by atoms with E-state index in [1.807, 2.05) is 0 Å². The van der Waals surface area contributed by atoms with E-state index in [0.717, 1.165) is 13.0 Å². The van der Waals surface area contributed by atoms with Gasteiger partial charge in [0.25, 0.3) is 0 Å². The van der Waals surface area contributed by atoms with Crippen LogP contribution < -0.4 is 4.74 Å². The van der Waals surface area contributed by atoms with Gasteiger partial charge in [0.2, 0.25) is 0 Å². The zero-order valence-corrected chi connectivity index (χ0v) is 17.1. The highest BCUT2D eigenvalue weighted by Crippen LogP contribution is 2.47. The van der Waals surface area contributed by atoms with Crippen LogP contribution in [0.5, 0.6) is 5.75 Å². The summed E-state index contributed by atoms with van der Waals surface area (Å²) in [5.41, 5.74) is -2.08. The standard InChI is InChI=1S/C18H14Cl3F4NO3/c1-7(27)29-12-4-8(16(22)14(15(12)21)11-2-3-28-11)13-9(5-19)17(18(23,24)25)26-10(13)6-20/h4,11,26H,2-3,5-6H2,1H3. The van der Waals surface area contributed by atoms with E-state index in [1.165, 1.54) is 0 Å². The Labute approximate surface area is 178 Å². The van der Waals surface area contributed by atoms with Crippen molar-refractivity contribution in [2.45, 2.75) is 37.4 Å². The summed E-state index contributed by atoms with van der Waals surface area (Å²) in [6, 6.07) is 1.07. The molecular formula is C18H14Cl3F4NO3. The van der Waals surface area contributed by atoms with Gasteiger partial charge in [-0.15, -0.1) is 23.2 Å². The summed E-state index contributed by atoms with van der Waals surface area (Å²) in [6.07, 6.45) is -5.02. The van der Waals surface area contributed by atoms with Crippen LogP contribution in [0.1, 0.15) is 42.0 Å². The number of H-pyrrole nitrogens is 1. The van der Waals surface area contributed by atoms with E-state index in [4.69, 9.17) is 44.3 Å². The van der Waals surface area contributed by atoms with Crippen molar-refractivity contribution in [1.29, 1.82) is 0 Å². The van der Waals surface area contributed by atoms with E-state index in [1.54, 1.807) is 0 Å². The lowest BCUT2D eigenvalue weighted by atomic mass is 9.94. The van der Waals surface area contributed by atoms with Crippen molar-refractivity contribution < 1.29 is 31.8 Å². The summed E-state index contributed by atoms with van der Waals surface area (Å²) < 4.78 is 66.1. The van der Waals surface area contributed by atoms with Crippen LogP contribution in [0, 0.1) is 5.82 Å². The van der Waals surface area contributed by atoms with Crippen LogP contribution >= 0.6 is 34.8 Å². The fourth-order valence-corrected chi connectivity index (χ4v) is 3.95. The van der Waals surface area contributed by atoms with Crippen molar-refractivity contribution in [3.8, 4) is 16.9 Å². The second kappa shape index (κ2) is 8.34. The Balaban J connectivity index is 2.33. The van der Waals surface area contributed by atoms with Crippen LogP contribution in [0.15, 0.2) is 6.07 Å². The third-order valence-corrected chi connectivity index (χ3v) is 5.40. The van der Waals surface area contributed by atoms with E-state index < -0.39 is 35.6 Å². The number of hydrogen-bond acceptors (Lipinski definition) is 3. The van der Waals surface area contributed by atoms with Crippen LogP contribution in [0.2, 0.25) is 5.02 Å².